The summed E-state index contributed by atoms with van der Waals surface area (Å²) >= 11 is 0. The number of ketones is 1. The molecule has 2 rings (SSSR count). The van der Waals surface area contributed by atoms with E-state index >= 15 is 0 Å². The van der Waals surface area contributed by atoms with Crippen molar-refractivity contribution in [3.8, 4) is 0 Å². The first-order valence-corrected chi connectivity index (χ1v) is 4.30. The topological polar surface area (TPSA) is 17.1 Å². The average Bonchev–Trinajstić information content (AvgIpc) is 2.44. The lowest BCUT2D eigenvalue weighted by Gasteiger charge is -2.22. The largest absolute Gasteiger partial charge is 0.299 e. The van der Waals surface area contributed by atoms with Gasteiger partial charge in [-0.05, 0) is 31.6 Å². The number of fused-ring (bicyclic) bond motifs is 2. The van der Waals surface area contributed by atoms with Crippen LogP contribution < -0.4 is 0 Å². The molecular weight excluding hydrogens is 124 g/mol. The third-order valence-electron chi connectivity index (χ3n) is 3.45. The van der Waals surface area contributed by atoms with Crippen LogP contribution in [0.2, 0.25) is 0 Å². The van der Waals surface area contributed by atoms with Gasteiger partial charge in [0.1, 0.15) is 5.78 Å². The standard InChI is InChI=1S/C9H14O/c1-2-9-4-3-7(6-9)5-8(9)10/h7H,2-6H2,1H3/t7-,9-/m1/s1. The summed E-state index contributed by atoms with van der Waals surface area (Å²) in [7, 11) is 0. The van der Waals surface area contributed by atoms with Crippen LogP contribution >= 0.6 is 0 Å². The summed E-state index contributed by atoms with van der Waals surface area (Å²) in [6, 6.07) is 0. The van der Waals surface area contributed by atoms with Crippen LogP contribution in [0.15, 0.2) is 0 Å². The normalized spacial score (nSPS) is 44.9. The van der Waals surface area contributed by atoms with E-state index in [0.29, 0.717) is 5.78 Å². The summed E-state index contributed by atoms with van der Waals surface area (Å²) in [5, 5.41) is 0. The molecular formula is C9H14O. The lowest BCUT2D eigenvalue weighted by atomic mass is 9.81. The van der Waals surface area contributed by atoms with Gasteiger partial charge < -0.3 is 0 Å². The van der Waals surface area contributed by atoms with Gasteiger partial charge in [-0.15, -0.1) is 0 Å². The van der Waals surface area contributed by atoms with Gasteiger partial charge in [-0.2, -0.15) is 0 Å². The second-order valence-electron chi connectivity index (χ2n) is 3.87. The van der Waals surface area contributed by atoms with Crippen molar-refractivity contribution in [2.45, 2.75) is 39.0 Å². The fourth-order valence-electron chi connectivity index (χ4n) is 2.66. The second kappa shape index (κ2) is 1.84. The van der Waals surface area contributed by atoms with Gasteiger partial charge in [0.15, 0.2) is 0 Å². The van der Waals surface area contributed by atoms with Gasteiger partial charge in [-0.25, -0.2) is 0 Å². The number of carbonyl (C=O) groups is 1. The Balaban J connectivity index is 2.27. The van der Waals surface area contributed by atoms with Gasteiger partial charge in [-0.3, -0.25) is 4.79 Å². The molecule has 2 saturated carbocycles. The zero-order valence-electron chi connectivity index (χ0n) is 6.52. The van der Waals surface area contributed by atoms with Crippen molar-refractivity contribution in [2.75, 3.05) is 0 Å². The van der Waals surface area contributed by atoms with Gasteiger partial charge in [-0.1, -0.05) is 6.92 Å². The predicted octanol–water partition coefficient (Wildman–Crippen LogP) is 2.16. The van der Waals surface area contributed by atoms with Crippen LogP contribution in [-0.2, 0) is 4.79 Å². The molecule has 1 heteroatoms. The van der Waals surface area contributed by atoms with E-state index in [0.717, 1.165) is 18.8 Å². The maximum absolute atomic E-state index is 11.4. The number of hydrogen-bond acceptors (Lipinski definition) is 1. The van der Waals surface area contributed by atoms with E-state index in [1.54, 1.807) is 0 Å². The van der Waals surface area contributed by atoms with Crippen molar-refractivity contribution in [2.24, 2.45) is 11.3 Å². The van der Waals surface area contributed by atoms with E-state index in [-0.39, 0.29) is 5.41 Å². The highest BCUT2D eigenvalue weighted by atomic mass is 16.1. The van der Waals surface area contributed by atoms with Crippen LogP contribution in [0.1, 0.15) is 39.0 Å². The highest BCUT2D eigenvalue weighted by molar-refractivity contribution is 5.88. The van der Waals surface area contributed by atoms with Crippen molar-refractivity contribution >= 4 is 5.78 Å². The zero-order chi connectivity index (χ0) is 7.19. The number of hydrogen-bond donors (Lipinski definition) is 0. The van der Waals surface area contributed by atoms with E-state index < -0.39 is 0 Å². The Morgan fingerprint density at radius 3 is 2.80 bits per heavy atom. The fourth-order valence-corrected chi connectivity index (χ4v) is 2.66. The monoisotopic (exact) mass is 138 g/mol. The van der Waals surface area contributed by atoms with Crippen LogP contribution in [0.4, 0.5) is 0 Å². The molecule has 0 aromatic heterocycles. The van der Waals surface area contributed by atoms with Gasteiger partial charge in [0, 0.05) is 11.8 Å². The lowest BCUT2D eigenvalue weighted by Crippen LogP contribution is -2.23. The Kier molecular flexibility index (Phi) is 1.17. The number of Topliss-reactive ketones (excluding diaryl/α,β-unsaturated/α-hetero) is 1. The minimum absolute atomic E-state index is 0.171. The quantitative estimate of drug-likeness (QED) is 0.542. The Morgan fingerprint density at radius 2 is 2.50 bits per heavy atom. The first-order valence-electron chi connectivity index (χ1n) is 4.30. The van der Waals surface area contributed by atoms with E-state index in [1.165, 1.54) is 19.3 Å². The first-order chi connectivity index (χ1) is 4.77. The molecule has 0 aromatic rings. The molecule has 0 amide bonds. The van der Waals surface area contributed by atoms with E-state index in [9.17, 15) is 4.79 Å². The zero-order valence-corrected chi connectivity index (χ0v) is 6.52. The van der Waals surface area contributed by atoms with Gasteiger partial charge >= 0.3 is 0 Å². The van der Waals surface area contributed by atoms with E-state index in [2.05, 4.69) is 6.92 Å². The fraction of sp³-hybridized carbons (Fsp3) is 0.889. The SMILES string of the molecule is CC[C@]12CC[C@H](CC1=O)C2. The predicted molar refractivity (Wildman–Crippen MR) is 39.7 cm³/mol. The van der Waals surface area contributed by atoms with Crippen LogP contribution in [0, 0.1) is 11.3 Å². The van der Waals surface area contributed by atoms with E-state index in [1.807, 2.05) is 0 Å². The van der Waals surface area contributed by atoms with Crippen LogP contribution in [0.5, 0.6) is 0 Å². The molecule has 2 fully saturated rings. The van der Waals surface area contributed by atoms with Gasteiger partial charge in [0.05, 0.1) is 0 Å². The molecule has 0 spiro atoms. The molecule has 2 bridgehead atoms. The molecule has 0 aliphatic heterocycles. The first kappa shape index (κ1) is 6.38. The highest BCUT2D eigenvalue weighted by Gasteiger charge is 2.49. The number of rotatable bonds is 1. The summed E-state index contributed by atoms with van der Waals surface area (Å²) in [5.74, 6) is 1.33. The molecule has 0 unspecified atom stereocenters. The van der Waals surface area contributed by atoms with Gasteiger partial charge in [0.25, 0.3) is 0 Å². The molecule has 56 valence electrons. The summed E-state index contributed by atoms with van der Waals surface area (Å²) in [4.78, 5) is 11.4. The van der Waals surface area contributed by atoms with Crippen molar-refractivity contribution < 1.29 is 4.79 Å². The Labute approximate surface area is 61.8 Å². The van der Waals surface area contributed by atoms with E-state index in [4.69, 9.17) is 0 Å². The summed E-state index contributed by atoms with van der Waals surface area (Å²) < 4.78 is 0. The van der Waals surface area contributed by atoms with Crippen molar-refractivity contribution in [3.63, 3.8) is 0 Å². The highest BCUT2D eigenvalue weighted by Crippen LogP contribution is 2.53. The minimum Gasteiger partial charge on any atom is -0.299 e. The molecule has 1 nitrogen and oxygen atoms in total. The molecule has 2 aliphatic rings. The van der Waals surface area contributed by atoms with Crippen LogP contribution in [0.25, 0.3) is 0 Å². The molecule has 0 heterocycles. The summed E-state index contributed by atoms with van der Waals surface area (Å²) in [6.07, 6.45) is 5.70. The maximum Gasteiger partial charge on any atom is 0.139 e. The Hall–Kier alpha value is -0.330. The third-order valence-corrected chi connectivity index (χ3v) is 3.45. The lowest BCUT2D eigenvalue weighted by molar-refractivity contribution is -0.127. The van der Waals surface area contributed by atoms with Crippen LogP contribution in [0.3, 0.4) is 0 Å². The Morgan fingerprint density at radius 1 is 1.70 bits per heavy atom. The maximum atomic E-state index is 11.4. The smallest absolute Gasteiger partial charge is 0.139 e. The third kappa shape index (κ3) is 0.609. The van der Waals surface area contributed by atoms with Crippen molar-refractivity contribution in [3.05, 3.63) is 0 Å². The average molecular weight is 138 g/mol. The molecule has 0 N–H and O–H groups in total. The van der Waals surface area contributed by atoms with Crippen molar-refractivity contribution in [1.29, 1.82) is 0 Å². The Bertz CT molecular complexity index is 174. The molecule has 0 saturated heterocycles. The summed E-state index contributed by atoms with van der Waals surface area (Å²) in [5.41, 5.74) is 0.171. The molecule has 10 heavy (non-hydrogen) atoms. The van der Waals surface area contributed by atoms with Crippen LogP contribution in [-0.4, -0.2) is 5.78 Å². The number of carbonyl (C=O) groups excluding carboxylic acids is 1. The molecule has 0 radical (unpaired) electrons. The molecule has 2 aliphatic carbocycles. The summed E-state index contributed by atoms with van der Waals surface area (Å²) in [6.45, 7) is 2.16. The minimum atomic E-state index is 0.171. The second-order valence-corrected chi connectivity index (χ2v) is 3.87. The van der Waals surface area contributed by atoms with Crippen molar-refractivity contribution in [1.82, 2.24) is 0 Å². The molecule has 2 atom stereocenters. The molecule has 0 aromatic carbocycles. The van der Waals surface area contributed by atoms with Gasteiger partial charge in [0.2, 0.25) is 0 Å².